The fourth-order valence-corrected chi connectivity index (χ4v) is 1.84. The van der Waals surface area contributed by atoms with Crippen LogP contribution < -0.4 is 0 Å². The summed E-state index contributed by atoms with van der Waals surface area (Å²) in [5.74, 6) is 0. The van der Waals surface area contributed by atoms with Crippen LogP contribution in [-0.2, 0) is 0 Å². The molecule has 0 aliphatic carbocycles. The van der Waals surface area contributed by atoms with E-state index in [0.29, 0.717) is 6.04 Å². The van der Waals surface area contributed by atoms with Crippen molar-refractivity contribution in [2.75, 3.05) is 20.1 Å². The number of nitrogens with zero attached hydrogens (tertiary/aromatic N) is 2. The molecule has 2 nitrogen and oxygen atoms in total. The van der Waals surface area contributed by atoms with E-state index in [4.69, 9.17) is 0 Å². The molecule has 15 heavy (non-hydrogen) atoms. The van der Waals surface area contributed by atoms with E-state index in [1.165, 1.54) is 18.5 Å². The first-order valence-corrected chi connectivity index (χ1v) is 6.06. The predicted octanol–water partition coefficient (Wildman–Crippen LogP) is 2.84. The second kappa shape index (κ2) is 5.84. The zero-order chi connectivity index (χ0) is 11.3. The van der Waals surface area contributed by atoms with Crippen LogP contribution in [0.1, 0.15) is 33.6 Å². The van der Waals surface area contributed by atoms with Crippen molar-refractivity contribution < 1.29 is 0 Å². The zero-order valence-electron chi connectivity index (χ0n) is 10.5. The van der Waals surface area contributed by atoms with Gasteiger partial charge in [-0.1, -0.05) is 19.9 Å². The van der Waals surface area contributed by atoms with Crippen molar-refractivity contribution in [3.05, 3.63) is 24.0 Å². The Morgan fingerprint density at radius 1 is 1.27 bits per heavy atom. The summed E-state index contributed by atoms with van der Waals surface area (Å²) in [7, 11) is 2.14. The van der Waals surface area contributed by atoms with Gasteiger partial charge in [-0.15, -0.1) is 0 Å². The molecule has 86 valence electrons. The van der Waals surface area contributed by atoms with Crippen LogP contribution >= 0.6 is 0 Å². The van der Waals surface area contributed by atoms with Gasteiger partial charge in [0.2, 0.25) is 0 Å². The standard InChI is InChI=1S/C13H24N2/c1-5-9-15(10-6-2)13-8-7-12(3)14(4)11-13/h7-8,11-12H,5-6,9-10H2,1-4H3. The normalized spacial score (nSPS) is 20.4. The molecule has 0 saturated heterocycles. The average Bonchev–Trinajstić information content (AvgIpc) is 2.22. The molecule has 1 heterocycles. The van der Waals surface area contributed by atoms with E-state index in [1.807, 2.05) is 0 Å². The van der Waals surface area contributed by atoms with Crippen LogP contribution in [0.25, 0.3) is 0 Å². The molecule has 0 radical (unpaired) electrons. The molecule has 1 aliphatic heterocycles. The smallest absolute Gasteiger partial charge is 0.0525 e. The summed E-state index contributed by atoms with van der Waals surface area (Å²) >= 11 is 0. The van der Waals surface area contributed by atoms with Gasteiger partial charge in [0.15, 0.2) is 0 Å². The van der Waals surface area contributed by atoms with Crippen LogP contribution in [0.5, 0.6) is 0 Å². The molecule has 2 heteroatoms. The van der Waals surface area contributed by atoms with Gasteiger partial charge in [0.25, 0.3) is 0 Å². The summed E-state index contributed by atoms with van der Waals surface area (Å²) < 4.78 is 0. The van der Waals surface area contributed by atoms with Gasteiger partial charge in [-0.05, 0) is 25.8 Å². The highest BCUT2D eigenvalue weighted by Crippen LogP contribution is 2.16. The van der Waals surface area contributed by atoms with E-state index in [9.17, 15) is 0 Å². The predicted molar refractivity (Wildman–Crippen MR) is 66.6 cm³/mol. The summed E-state index contributed by atoms with van der Waals surface area (Å²) in [5, 5.41) is 0. The maximum absolute atomic E-state index is 2.47. The maximum Gasteiger partial charge on any atom is 0.0525 e. The number of likely N-dealkylation sites (N-methyl/N-ethyl adjacent to an activating group) is 1. The SMILES string of the molecule is CCCN(CCC)C1=CN(C)C(C)C=C1. The van der Waals surface area contributed by atoms with Crippen LogP contribution in [0.15, 0.2) is 24.0 Å². The van der Waals surface area contributed by atoms with Crippen molar-refractivity contribution in [2.45, 2.75) is 39.7 Å². The maximum atomic E-state index is 2.47. The quantitative estimate of drug-likeness (QED) is 0.685. The lowest BCUT2D eigenvalue weighted by Crippen LogP contribution is -2.31. The monoisotopic (exact) mass is 208 g/mol. The number of hydrogen-bond donors (Lipinski definition) is 0. The van der Waals surface area contributed by atoms with Crippen molar-refractivity contribution in [3.8, 4) is 0 Å². The molecule has 0 N–H and O–H groups in total. The lowest BCUT2D eigenvalue weighted by Gasteiger charge is -2.31. The fraction of sp³-hybridized carbons (Fsp3) is 0.692. The Morgan fingerprint density at radius 2 is 1.87 bits per heavy atom. The molecule has 1 rings (SSSR count). The molecule has 0 saturated carbocycles. The van der Waals surface area contributed by atoms with Crippen LogP contribution in [0.3, 0.4) is 0 Å². The van der Waals surface area contributed by atoms with Crippen LogP contribution in [0.2, 0.25) is 0 Å². The van der Waals surface area contributed by atoms with Gasteiger partial charge < -0.3 is 9.80 Å². The first-order chi connectivity index (χ1) is 7.19. The summed E-state index contributed by atoms with van der Waals surface area (Å²) in [5.41, 5.74) is 1.36. The summed E-state index contributed by atoms with van der Waals surface area (Å²) in [4.78, 5) is 4.74. The van der Waals surface area contributed by atoms with Crippen molar-refractivity contribution in [1.29, 1.82) is 0 Å². The Hall–Kier alpha value is -0.920. The Bertz CT molecular complexity index is 237. The largest absolute Gasteiger partial charge is 0.373 e. The molecule has 0 aromatic carbocycles. The number of hydrogen-bond acceptors (Lipinski definition) is 2. The first kappa shape index (κ1) is 12.2. The topological polar surface area (TPSA) is 6.48 Å². The van der Waals surface area contributed by atoms with Crippen LogP contribution in [0, 0.1) is 0 Å². The minimum atomic E-state index is 0.527. The van der Waals surface area contributed by atoms with Gasteiger partial charge in [-0.25, -0.2) is 0 Å². The van der Waals surface area contributed by atoms with E-state index < -0.39 is 0 Å². The fourth-order valence-electron chi connectivity index (χ4n) is 1.84. The zero-order valence-corrected chi connectivity index (χ0v) is 10.5. The molecule has 1 aliphatic rings. The van der Waals surface area contributed by atoms with E-state index in [2.05, 4.69) is 56.0 Å². The molecule has 0 spiro atoms. The third kappa shape index (κ3) is 3.29. The second-order valence-electron chi connectivity index (χ2n) is 4.31. The highest BCUT2D eigenvalue weighted by molar-refractivity contribution is 5.23. The van der Waals surface area contributed by atoms with Gasteiger partial charge in [0.05, 0.1) is 5.70 Å². The molecular weight excluding hydrogens is 184 g/mol. The summed E-state index contributed by atoms with van der Waals surface area (Å²) in [6.07, 6.45) is 9.22. The van der Waals surface area contributed by atoms with E-state index >= 15 is 0 Å². The molecule has 0 aromatic heterocycles. The van der Waals surface area contributed by atoms with Gasteiger partial charge in [-0.2, -0.15) is 0 Å². The van der Waals surface area contributed by atoms with Crippen molar-refractivity contribution in [3.63, 3.8) is 0 Å². The third-order valence-electron chi connectivity index (χ3n) is 2.88. The molecule has 0 fully saturated rings. The van der Waals surface area contributed by atoms with E-state index in [-0.39, 0.29) is 0 Å². The summed E-state index contributed by atoms with van der Waals surface area (Å²) in [6.45, 7) is 9.01. The minimum Gasteiger partial charge on any atom is -0.373 e. The van der Waals surface area contributed by atoms with Gasteiger partial charge in [0.1, 0.15) is 0 Å². The van der Waals surface area contributed by atoms with E-state index in [1.54, 1.807) is 0 Å². The Balaban J connectivity index is 2.67. The highest BCUT2D eigenvalue weighted by Gasteiger charge is 2.12. The summed E-state index contributed by atoms with van der Waals surface area (Å²) in [6, 6.07) is 0.527. The number of allylic oxidation sites excluding steroid dienone is 1. The Morgan fingerprint density at radius 3 is 2.33 bits per heavy atom. The Kier molecular flexibility index (Phi) is 4.73. The molecule has 1 unspecified atom stereocenters. The average molecular weight is 208 g/mol. The van der Waals surface area contributed by atoms with Crippen molar-refractivity contribution in [2.24, 2.45) is 0 Å². The molecule has 0 amide bonds. The van der Waals surface area contributed by atoms with Crippen molar-refractivity contribution in [1.82, 2.24) is 9.80 Å². The third-order valence-corrected chi connectivity index (χ3v) is 2.88. The molecule has 0 aromatic rings. The molecule has 1 atom stereocenters. The first-order valence-electron chi connectivity index (χ1n) is 6.06. The van der Waals surface area contributed by atoms with Gasteiger partial charge in [0, 0.05) is 32.4 Å². The molecular formula is C13H24N2. The highest BCUT2D eigenvalue weighted by atomic mass is 15.2. The van der Waals surface area contributed by atoms with Crippen LogP contribution in [0.4, 0.5) is 0 Å². The Labute approximate surface area is 94.3 Å². The lowest BCUT2D eigenvalue weighted by atomic mass is 10.2. The van der Waals surface area contributed by atoms with E-state index in [0.717, 1.165) is 13.1 Å². The second-order valence-corrected chi connectivity index (χ2v) is 4.31. The molecule has 0 bridgehead atoms. The van der Waals surface area contributed by atoms with Gasteiger partial charge in [-0.3, -0.25) is 0 Å². The lowest BCUT2D eigenvalue weighted by molar-refractivity contribution is 0.323. The van der Waals surface area contributed by atoms with Gasteiger partial charge >= 0.3 is 0 Å². The van der Waals surface area contributed by atoms with Crippen molar-refractivity contribution >= 4 is 0 Å². The minimum absolute atomic E-state index is 0.527. The number of rotatable bonds is 5. The van der Waals surface area contributed by atoms with Crippen LogP contribution in [-0.4, -0.2) is 36.0 Å².